The predicted molar refractivity (Wildman–Crippen MR) is 82.2 cm³/mol. The minimum absolute atomic E-state index is 0.757. The summed E-state index contributed by atoms with van der Waals surface area (Å²) in [5.41, 5.74) is 1.44. The van der Waals surface area contributed by atoms with Gasteiger partial charge in [-0.1, -0.05) is 42.5 Å². The third kappa shape index (κ3) is 4.48. The number of benzene rings is 1. The lowest BCUT2D eigenvalue weighted by Crippen LogP contribution is -2.50. The van der Waals surface area contributed by atoms with Crippen LogP contribution in [0.5, 0.6) is 0 Å². The van der Waals surface area contributed by atoms with Crippen LogP contribution in [0.25, 0.3) is 0 Å². The molecular weight excluding hydrogens is 232 g/mol. The van der Waals surface area contributed by atoms with Gasteiger partial charge < -0.3 is 5.32 Å². The highest BCUT2D eigenvalue weighted by Crippen LogP contribution is 2.21. The fourth-order valence-electron chi connectivity index (χ4n) is 2.86. The molecule has 2 unspecified atom stereocenters. The number of allylic oxidation sites excluding steroid dienone is 2. The van der Waals surface area contributed by atoms with Crippen molar-refractivity contribution in [1.82, 2.24) is 10.2 Å². The second-order valence-electron chi connectivity index (χ2n) is 5.48. The van der Waals surface area contributed by atoms with Crippen molar-refractivity contribution in [2.24, 2.45) is 0 Å². The van der Waals surface area contributed by atoms with Crippen LogP contribution in [0.3, 0.4) is 0 Å². The average Bonchev–Trinajstić information content (AvgIpc) is 2.79. The predicted octanol–water partition coefficient (Wildman–Crippen LogP) is 3.21. The molecule has 0 spiro atoms. The van der Waals surface area contributed by atoms with Crippen molar-refractivity contribution in [2.45, 2.75) is 45.3 Å². The lowest BCUT2D eigenvalue weighted by atomic mass is 10.1. The maximum Gasteiger partial charge on any atom is 0.0235 e. The molecule has 2 atom stereocenters. The molecule has 2 saturated heterocycles. The first-order valence-electron chi connectivity index (χ1n) is 7.41. The summed E-state index contributed by atoms with van der Waals surface area (Å²) in [6, 6.07) is 12.3. The topological polar surface area (TPSA) is 15.3 Å². The van der Waals surface area contributed by atoms with Crippen LogP contribution >= 0.6 is 0 Å². The van der Waals surface area contributed by atoms with Gasteiger partial charge in [0.05, 0.1) is 0 Å². The first kappa shape index (κ1) is 14.3. The molecule has 2 fully saturated rings. The van der Waals surface area contributed by atoms with Crippen molar-refractivity contribution in [2.75, 3.05) is 13.1 Å². The number of fused-ring (bicyclic) bond motifs is 2. The molecule has 1 aromatic carbocycles. The molecule has 2 heteroatoms. The maximum absolute atomic E-state index is 3.66. The zero-order chi connectivity index (χ0) is 13.5. The summed E-state index contributed by atoms with van der Waals surface area (Å²) >= 11 is 0. The van der Waals surface area contributed by atoms with E-state index in [0.29, 0.717) is 0 Å². The quantitative estimate of drug-likeness (QED) is 0.820. The largest absolute Gasteiger partial charge is 0.309 e. The first-order valence-corrected chi connectivity index (χ1v) is 7.41. The van der Waals surface area contributed by atoms with E-state index in [-0.39, 0.29) is 0 Å². The Balaban J connectivity index is 0.000000297. The highest BCUT2D eigenvalue weighted by Gasteiger charge is 2.31. The average molecular weight is 258 g/mol. The monoisotopic (exact) mass is 258 g/mol. The standard InChI is InChI=1S/C13H18N2.C4H8/c1-2-4-11(5-3-1)8-15-9-12-6-7-13(10-15)14-12;1-3-4-2/h1-5,12-14H,6-10H2;3-4H,1-2H3/b;4-3+. The lowest BCUT2D eigenvalue weighted by molar-refractivity contribution is 0.189. The van der Waals surface area contributed by atoms with Crippen molar-refractivity contribution in [1.29, 1.82) is 0 Å². The second kappa shape index (κ2) is 7.46. The van der Waals surface area contributed by atoms with Crippen LogP contribution in [0.1, 0.15) is 32.3 Å². The van der Waals surface area contributed by atoms with Crippen LogP contribution in [0.2, 0.25) is 0 Å². The van der Waals surface area contributed by atoms with Gasteiger partial charge in [-0.05, 0) is 32.3 Å². The normalized spacial score (nSPS) is 26.2. The Morgan fingerprint density at radius 1 is 1.05 bits per heavy atom. The van der Waals surface area contributed by atoms with E-state index in [4.69, 9.17) is 0 Å². The fraction of sp³-hybridized carbons (Fsp3) is 0.529. The third-order valence-electron chi connectivity index (χ3n) is 3.87. The maximum atomic E-state index is 3.66. The van der Waals surface area contributed by atoms with Crippen molar-refractivity contribution in [3.8, 4) is 0 Å². The Kier molecular flexibility index (Phi) is 5.62. The Labute approximate surface area is 117 Å². The molecule has 2 aliphatic rings. The van der Waals surface area contributed by atoms with Gasteiger partial charge in [0.1, 0.15) is 0 Å². The Morgan fingerprint density at radius 2 is 1.63 bits per heavy atom. The highest BCUT2D eigenvalue weighted by molar-refractivity contribution is 5.14. The lowest BCUT2D eigenvalue weighted by Gasteiger charge is -2.32. The summed E-state index contributed by atoms with van der Waals surface area (Å²) in [6.07, 6.45) is 6.74. The minimum Gasteiger partial charge on any atom is -0.309 e. The number of nitrogens with zero attached hydrogens (tertiary/aromatic N) is 1. The number of likely N-dealkylation sites (tertiary alicyclic amines) is 1. The summed E-state index contributed by atoms with van der Waals surface area (Å²) in [5, 5.41) is 3.66. The van der Waals surface area contributed by atoms with Crippen LogP contribution in [0.15, 0.2) is 42.5 Å². The van der Waals surface area contributed by atoms with Crippen LogP contribution in [-0.2, 0) is 6.54 Å². The molecule has 104 valence electrons. The van der Waals surface area contributed by atoms with E-state index >= 15 is 0 Å². The van der Waals surface area contributed by atoms with Crippen molar-refractivity contribution in [3.05, 3.63) is 48.0 Å². The molecule has 2 heterocycles. The van der Waals surface area contributed by atoms with E-state index in [2.05, 4.69) is 40.5 Å². The van der Waals surface area contributed by atoms with Crippen LogP contribution in [-0.4, -0.2) is 30.1 Å². The van der Waals surface area contributed by atoms with Crippen molar-refractivity contribution < 1.29 is 0 Å². The molecule has 0 aliphatic carbocycles. The Morgan fingerprint density at radius 3 is 2.16 bits per heavy atom. The van der Waals surface area contributed by atoms with Crippen LogP contribution < -0.4 is 5.32 Å². The molecule has 0 saturated carbocycles. The number of hydrogen-bond acceptors (Lipinski definition) is 2. The van der Waals surface area contributed by atoms with Crippen LogP contribution in [0, 0.1) is 0 Å². The molecule has 3 rings (SSSR count). The Bertz CT molecular complexity index is 370. The van der Waals surface area contributed by atoms with Gasteiger partial charge in [0.15, 0.2) is 0 Å². The van der Waals surface area contributed by atoms with Gasteiger partial charge in [-0.25, -0.2) is 0 Å². The number of rotatable bonds is 2. The van der Waals surface area contributed by atoms with Gasteiger partial charge in [0.2, 0.25) is 0 Å². The Hall–Kier alpha value is -1.12. The summed E-state index contributed by atoms with van der Waals surface area (Å²) < 4.78 is 0. The van der Waals surface area contributed by atoms with E-state index < -0.39 is 0 Å². The zero-order valence-corrected chi connectivity index (χ0v) is 12.2. The molecule has 0 aromatic heterocycles. The summed E-state index contributed by atoms with van der Waals surface area (Å²) in [4.78, 5) is 2.59. The molecule has 1 N–H and O–H groups in total. The summed E-state index contributed by atoms with van der Waals surface area (Å²) in [7, 11) is 0. The molecule has 2 bridgehead atoms. The van der Waals surface area contributed by atoms with E-state index in [1.165, 1.54) is 31.5 Å². The van der Waals surface area contributed by atoms with Gasteiger partial charge in [-0.3, -0.25) is 4.90 Å². The smallest absolute Gasteiger partial charge is 0.0235 e. The first-order chi connectivity index (χ1) is 9.31. The van der Waals surface area contributed by atoms with Gasteiger partial charge in [-0.2, -0.15) is 0 Å². The molecule has 1 aromatic rings. The molecule has 19 heavy (non-hydrogen) atoms. The zero-order valence-electron chi connectivity index (χ0n) is 12.2. The molecule has 0 amide bonds. The summed E-state index contributed by atoms with van der Waals surface area (Å²) in [5.74, 6) is 0. The third-order valence-corrected chi connectivity index (χ3v) is 3.87. The molecule has 2 aliphatic heterocycles. The minimum atomic E-state index is 0.757. The van der Waals surface area contributed by atoms with E-state index in [0.717, 1.165) is 18.6 Å². The van der Waals surface area contributed by atoms with E-state index in [9.17, 15) is 0 Å². The van der Waals surface area contributed by atoms with Crippen molar-refractivity contribution >= 4 is 0 Å². The fourth-order valence-corrected chi connectivity index (χ4v) is 2.86. The molecular formula is C17H26N2. The van der Waals surface area contributed by atoms with E-state index in [1.54, 1.807) is 0 Å². The molecule has 2 nitrogen and oxygen atoms in total. The van der Waals surface area contributed by atoms with Crippen LogP contribution in [0.4, 0.5) is 0 Å². The second-order valence-corrected chi connectivity index (χ2v) is 5.48. The number of piperazine rings is 1. The van der Waals surface area contributed by atoms with E-state index in [1.807, 2.05) is 26.0 Å². The number of nitrogens with one attached hydrogen (secondary N) is 1. The van der Waals surface area contributed by atoms with Gasteiger partial charge >= 0.3 is 0 Å². The van der Waals surface area contributed by atoms with Gasteiger partial charge in [0.25, 0.3) is 0 Å². The SMILES string of the molecule is C/C=C/C.c1ccc(CN2CC3CCC(C2)N3)cc1. The highest BCUT2D eigenvalue weighted by atomic mass is 15.2. The van der Waals surface area contributed by atoms with Gasteiger partial charge in [0, 0.05) is 31.7 Å². The molecule has 0 radical (unpaired) electrons. The van der Waals surface area contributed by atoms with Crippen molar-refractivity contribution in [3.63, 3.8) is 0 Å². The summed E-state index contributed by atoms with van der Waals surface area (Å²) in [6.45, 7) is 7.58. The van der Waals surface area contributed by atoms with Gasteiger partial charge in [-0.15, -0.1) is 0 Å². The number of hydrogen-bond donors (Lipinski definition) is 1.